The third-order valence-corrected chi connectivity index (χ3v) is 17.5. The molecule has 0 saturated heterocycles. The molecule has 0 radical (unpaired) electrons. The van der Waals surface area contributed by atoms with Crippen molar-refractivity contribution >= 4 is 39.5 Å². The van der Waals surface area contributed by atoms with Gasteiger partial charge in [0.15, 0.2) is 12.2 Å². The van der Waals surface area contributed by atoms with Gasteiger partial charge in [-0.3, -0.25) is 37.3 Å². The van der Waals surface area contributed by atoms with Gasteiger partial charge in [0.1, 0.15) is 19.3 Å². The lowest BCUT2D eigenvalue weighted by atomic mass is 9.99. The molecular formula is C66H128O17P2. The third kappa shape index (κ3) is 59.5. The van der Waals surface area contributed by atoms with Gasteiger partial charge in [-0.25, -0.2) is 9.13 Å². The highest BCUT2D eigenvalue weighted by Gasteiger charge is 2.30. The van der Waals surface area contributed by atoms with Crippen molar-refractivity contribution in [3.05, 3.63) is 0 Å². The number of hydrogen-bond donors (Lipinski definition) is 3. The molecule has 19 heteroatoms. The predicted molar refractivity (Wildman–Crippen MR) is 340 cm³/mol. The summed E-state index contributed by atoms with van der Waals surface area (Å²) in [7, 11) is -9.88. The molecule has 0 spiro atoms. The Morgan fingerprint density at radius 3 is 0.894 bits per heavy atom. The lowest BCUT2D eigenvalue weighted by molar-refractivity contribution is -0.161. The van der Waals surface area contributed by atoms with Crippen LogP contribution in [0.4, 0.5) is 0 Å². The number of rotatable bonds is 65. The average Bonchev–Trinajstić information content (AvgIpc) is 3.62. The largest absolute Gasteiger partial charge is 0.472 e. The minimum atomic E-state index is -4.95. The highest BCUT2D eigenvalue weighted by molar-refractivity contribution is 7.47. The molecule has 0 aliphatic heterocycles. The van der Waals surface area contributed by atoms with Gasteiger partial charge < -0.3 is 33.8 Å². The Morgan fingerprint density at radius 2 is 0.600 bits per heavy atom. The van der Waals surface area contributed by atoms with Gasteiger partial charge in [0.25, 0.3) is 0 Å². The van der Waals surface area contributed by atoms with Crippen LogP contribution >= 0.6 is 15.6 Å². The quantitative estimate of drug-likeness (QED) is 0.0222. The standard InChI is InChI=1S/C66H128O17P2/c1-7-10-12-14-16-31-38-44-50-65(70)82-61(54-76-63(68)48-42-36-28-15-13-11-8-2)56-80-84(72,73)78-52-60(67)53-79-85(74,75)81-57-62(55-77-64(69)49-43-37-32-26-23-22-25-30-35-41-47-59(6)9-3)83-66(71)51-45-39-33-27-21-19-17-18-20-24-29-34-40-46-58(4)5/h58-62,67H,7-57H2,1-6H3,(H,72,73)(H,74,75)/t59?,60-,61+,62+/m0/s1. The average molecular weight is 1260 g/mol. The first-order valence-electron chi connectivity index (χ1n) is 34.5. The Morgan fingerprint density at radius 1 is 0.341 bits per heavy atom. The molecule has 0 aliphatic carbocycles. The van der Waals surface area contributed by atoms with Gasteiger partial charge in [0.05, 0.1) is 26.4 Å². The van der Waals surface area contributed by atoms with E-state index in [2.05, 4.69) is 41.5 Å². The topological polar surface area (TPSA) is 237 Å². The summed E-state index contributed by atoms with van der Waals surface area (Å²) in [6.07, 6.45) is 41.8. The molecule has 17 nitrogen and oxygen atoms in total. The highest BCUT2D eigenvalue weighted by Crippen LogP contribution is 2.45. The molecule has 3 N–H and O–H groups in total. The van der Waals surface area contributed by atoms with E-state index >= 15 is 0 Å². The van der Waals surface area contributed by atoms with E-state index in [-0.39, 0.29) is 25.7 Å². The van der Waals surface area contributed by atoms with Crippen molar-refractivity contribution < 1.29 is 80.2 Å². The molecule has 85 heavy (non-hydrogen) atoms. The SMILES string of the molecule is CCCCCCCCCCC(=O)O[C@H](COC(=O)CCCCCCCCC)COP(=O)(O)OC[C@H](O)COP(=O)(O)OC[C@@H](COC(=O)CCCCCCCCCCCCC(C)CC)OC(=O)CCCCCCCCCCCCCCCC(C)C. The van der Waals surface area contributed by atoms with Crippen molar-refractivity contribution in [1.29, 1.82) is 0 Å². The first kappa shape index (κ1) is 83.1. The second-order valence-corrected chi connectivity index (χ2v) is 27.5. The molecule has 3 unspecified atom stereocenters. The fourth-order valence-electron chi connectivity index (χ4n) is 9.85. The van der Waals surface area contributed by atoms with E-state index in [0.717, 1.165) is 121 Å². The van der Waals surface area contributed by atoms with Gasteiger partial charge >= 0.3 is 39.5 Å². The van der Waals surface area contributed by atoms with Crippen molar-refractivity contribution in [3.63, 3.8) is 0 Å². The Balaban J connectivity index is 5.19. The molecule has 6 atom stereocenters. The maximum absolute atomic E-state index is 13.0. The van der Waals surface area contributed by atoms with Crippen LogP contribution in [0.2, 0.25) is 0 Å². The fourth-order valence-corrected chi connectivity index (χ4v) is 11.4. The van der Waals surface area contributed by atoms with Crippen molar-refractivity contribution in [2.45, 2.75) is 349 Å². The second kappa shape index (κ2) is 58.4. The van der Waals surface area contributed by atoms with Crippen LogP contribution in [0.5, 0.6) is 0 Å². The Bertz CT molecular complexity index is 1670. The number of carbonyl (C=O) groups is 4. The smallest absolute Gasteiger partial charge is 0.462 e. The predicted octanol–water partition coefficient (Wildman–Crippen LogP) is 18.4. The van der Waals surface area contributed by atoms with Crippen LogP contribution < -0.4 is 0 Å². The summed E-state index contributed by atoms with van der Waals surface area (Å²) in [6, 6.07) is 0. The van der Waals surface area contributed by atoms with Gasteiger partial charge in [-0.1, -0.05) is 279 Å². The van der Waals surface area contributed by atoms with E-state index in [9.17, 15) is 43.2 Å². The van der Waals surface area contributed by atoms with Gasteiger partial charge in [-0.05, 0) is 37.5 Å². The summed E-state index contributed by atoms with van der Waals surface area (Å²) < 4.78 is 67.9. The third-order valence-electron chi connectivity index (χ3n) is 15.6. The van der Waals surface area contributed by atoms with Crippen LogP contribution in [0.3, 0.4) is 0 Å². The lowest BCUT2D eigenvalue weighted by Gasteiger charge is -2.21. The Hall–Kier alpha value is -1.94. The molecule has 0 aromatic rings. The van der Waals surface area contributed by atoms with E-state index in [1.807, 2.05) is 0 Å². The van der Waals surface area contributed by atoms with Crippen molar-refractivity contribution in [3.8, 4) is 0 Å². The van der Waals surface area contributed by atoms with Gasteiger partial charge in [0, 0.05) is 25.7 Å². The van der Waals surface area contributed by atoms with Crippen LogP contribution in [-0.4, -0.2) is 96.7 Å². The summed E-state index contributed by atoms with van der Waals surface area (Å²) in [5.74, 6) is -0.540. The number of esters is 4. The fraction of sp³-hybridized carbons (Fsp3) is 0.939. The number of unbranched alkanes of at least 4 members (excludes halogenated alkanes) is 34. The highest BCUT2D eigenvalue weighted by atomic mass is 31.2. The summed E-state index contributed by atoms with van der Waals surface area (Å²) in [6.45, 7) is 9.49. The van der Waals surface area contributed by atoms with Crippen LogP contribution in [0.15, 0.2) is 0 Å². The van der Waals surface area contributed by atoms with Crippen molar-refractivity contribution in [2.24, 2.45) is 11.8 Å². The molecule has 0 amide bonds. The number of carbonyl (C=O) groups excluding carboxylic acids is 4. The zero-order valence-electron chi connectivity index (χ0n) is 54.9. The number of aliphatic hydroxyl groups is 1. The molecule has 0 aromatic heterocycles. The monoisotopic (exact) mass is 1250 g/mol. The van der Waals surface area contributed by atoms with Gasteiger partial charge in [-0.2, -0.15) is 0 Å². The molecule has 0 aromatic carbocycles. The van der Waals surface area contributed by atoms with Crippen LogP contribution in [-0.2, 0) is 65.4 Å². The lowest BCUT2D eigenvalue weighted by Crippen LogP contribution is -2.30. The van der Waals surface area contributed by atoms with Gasteiger partial charge in [0.2, 0.25) is 0 Å². The molecule has 0 saturated carbocycles. The van der Waals surface area contributed by atoms with Crippen LogP contribution in [0, 0.1) is 11.8 Å². The zero-order valence-corrected chi connectivity index (χ0v) is 56.7. The van der Waals surface area contributed by atoms with E-state index in [0.29, 0.717) is 25.7 Å². The minimum absolute atomic E-state index is 0.104. The van der Waals surface area contributed by atoms with E-state index in [1.54, 1.807) is 0 Å². The number of ether oxygens (including phenoxy) is 4. The van der Waals surface area contributed by atoms with Crippen molar-refractivity contribution in [2.75, 3.05) is 39.6 Å². The molecule has 0 fully saturated rings. The molecular weight excluding hydrogens is 1130 g/mol. The van der Waals surface area contributed by atoms with Crippen molar-refractivity contribution in [1.82, 2.24) is 0 Å². The molecule has 0 rings (SSSR count). The first-order valence-corrected chi connectivity index (χ1v) is 37.5. The van der Waals surface area contributed by atoms with Gasteiger partial charge in [-0.15, -0.1) is 0 Å². The Labute approximate surface area is 517 Å². The summed E-state index contributed by atoms with van der Waals surface area (Å²) in [5.41, 5.74) is 0. The molecule has 0 aliphatic rings. The maximum Gasteiger partial charge on any atom is 0.472 e. The summed E-state index contributed by atoms with van der Waals surface area (Å²) in [4.78, 5) is 72.1. The summed E-state index contributed by atoms with van der Waals surface area (Å²) in [5, 5.41) is 10.5. The zero-order chi connectivity index (χ0) is 62.9. The van der Waals surface area contributed by atoms with E-state index < -0.39 is 97.5 Å². The number of hydrogen-bond acceptors (Lipinski definition) is 15. The van der Waals surface area contributed by atoms with E-state index in [4.69, 9.17) is 37.0 Å². The van der Waals surface area contributed by atoms with Crippen LogP contribution in [0.25, 0.3) is 0 Å². The number of phosphoric acid groups is 2. The Kier molecular flexibility index (Phi) is 57.1. The molecule has 504 valence electrons. The summed E-state index contributed by atoms with van der Waals surface area (Å²) >= 11 is 0. The number of aliphatic hydroxyl groups excluding tert-OH is 1. The van der Waals surface area contributed by atoms with Crippen LogP contribution in [0.1, 0.15) is 330 Å². The molecule has 0 bridgehead atoms. The second-order valence-electron chi connectivity index (χ2n) is 24.6. The normalized spacial score (nSPS) is 14.6. The van der Waals surface area contributed by atoms with E-state index in [1.165, 1.54) is 128 Å². The first-order chi connectivity index (χ1) is 40.9. The minimum Gasteiger partial charge on any atom is -0.462 e. The number of phosphoric ester groups is 2. The molecule has 0 heterocycles. The maximum atomic E-state index is 13.0.